The van der Waals surface area contributed by atoms with Gasteiger partial charge in [0.2, 0.25) is 0 Å². The van der Waals surface area contributed by atoms with E-state index in [2.05, 4.69) is 19.9 Å². The molecule has 3 atom stereocenters. The summed E-state index contributed by atoms with van der Waals surface area (Å²) in [6, 6.07) is 0. The highest BCUT2D eigenvalue weighted by molar-refractivity contribution is 5.06. The van der Waals surface area contributed by atoms with Crippen LogP contribution < -0.4 is 0 Å². The SMILES string of the molecule is CCC1=CCCC2CCC2C(CC)C1. The maximum absolute atomic E-state index is 2.54. The normalized spacial score (nSPS) is 37.6. The second-order valence-electron chi connectivity index (χ2n) is 5.17. The van der Waals surface area contributed by atoms with Crippen LogP contribution >= 0.6 is 0 Å². The van der Waals surface area contributed by atoms with E-state index in [1.54, 1.807) is 5.57 Å². The van der Waals surface area contributed by atoms with Gasteiger partial charge < -0.3 is 0 Å². The van der Waals surface area contributed by atoms with Crippen LogP contribution in [0.2, 0.25) is 0 Å². The van der Waals surface area contributed by atoms with Crippen molar-refractivity contribution < 1.29 is 0 Å². The second-order valence-corrected chi connectivity index (χ2v) is 5.17. The van der Waals surface area contributed by atoms with Crippen LogP contribution in [-0.4, -0.2) is 0 Å². The van der Waals surface area contributed by atoms with Crippen LogP contribution in [0.3, 0.4) is 0 Å². The highest BCUT2D eigenvalue weighted by atomic mass is 14.4. The van der Waals surface area contributed by atoms with Gasteiger partial charge in [-0.3, -0.25) is 0 Å². The van der Waals surface area contributed by atoms with Crippen LogP contribution in [0.15, 0.2) is 11.6 Å². The summed E-state index contributed by atoms with van der Waals surface area (Å²) in [5, 5.41) is 0. The minimum Gasteiger partial charge on any atom is -0.0853 e. The summed E-state index contributed by atoms with van der Waals surface area (Å²) in [6.07, 6.45) is 12.5. The summed E-state index contributed by atoms with van der Waals surface area (Å²) in [6.45, 7) is 4.70. The van der Waals surface area contributed by atoms with E-state index >= 15 is 0 Å². The average Bonchev–Trinajstić information content (AvgIpc) is 2.17. The fourth-order valence-electron chi connectivity index (χ4n) is 3.38. The van der Waals surface area contributed by atoms with Gasteiger partial charge in [-0.25, -0.2) is 0 Å². The third-order valence-corrected chi connectivity index (χ3v) is 4.56. The highest BCUT2D eigenvalue weighted by Crippen LogP contribution is 2.47. The van der Waals surface area contributed by atoms with Gasteiger partial charge in [-0.2, -0.15) is 0 Å². The molecule has 2 rings (SSSR count). The van der Waals surface area contributed by atoms with E-state index in [1.165, 1.54) is 44.9 Å². The smallest absolute Gasteiger partial charge is 0.0289 e. The molecule has 80 valence electrons. The molecular formula is C14H24. The third-order valence-electron chi connectivity index (χ3n) is 4.56. The minimum absolute atomic E-state index is 1.01. The van der Waals surface area contributed by atoms with Crippen molar-refractivity contribution in [1.82, 2.24) is 0 Å². The Hall–Kier alpha value is -0.260. The molecule has 2 aliphatic rings. The lowest BCUT2D eigenvalue weighted by Gasteiger charge is -2.43. The Morgan fingerprint density at radius 2 is 2.07 bits per heavy atom. The molecular weight excluding hydrogens is 168 g/mol. The molecule has 0 aromatic heterocycles. The summed E-state index contributed by atoms with van der Waals surface area (Å²) >= 11 is 0. The van der Waals surface area contributed by atoms with E-state index in [-0.39, 0.29) is 0 Å². The summed E-state index contributed by atoms with van der Waals surface area (Å²) < 4.78 is 0. The fourth-order valence-corrected chi connectivity index (χ4v) is 3.38. The molecule has 0 spiro atoms. The van der Waals surface area contributed by atoms with Gasteiger partial charge in [-0.05, 0) is 56.3 Å². The summed E-state index contributed by atoms with van der Waals surface area (Å²) in [5.41, 5.74) is 1.74. The predicted molar refractivity (Wildman–Crippen MR) is 62.2 cm³/mol. The van der Waals surface area contributed by atoms with Gasteiger partial charge >= 0.3 is 0 Å². The lowest BCUT2D eigenvalue weighted by Crippen LogP contribution is -2.33. The molecule has 0 saturated heterocycles. The topological polar surface area (TPSA) is 0 Å². The first-order valence-electron chi connectivity index (χ1n) is 6.53. The molecule has 0 heterocycles. The van der Waals surface area contributed by atoms with Crippen LogP contribution in [0.5, 0.6) is 0 Å². The number of rotatable bonds is 2. The minimum atomic E-state index is 1.01. The van der Waals surface area contributed by atoms with Gasteiger partial charge in [0.1, 0.15) is 0 Å². The van der Waals surface area contributed by atoms with Crippen LogP contribution in [0.1, 0.15) is 58.8 Å². The van der Waals surface area contributed by atoms with Crippen molar-refractivity contribution in [3.8, 4) is 0 Å². The van der Waals surface area contributed by atoms with Gasteiger partial charge in [-0.15, -0.1) is 0 Å². The van der Waals surface area contributed by atoms with Crippen molar-refractivity contribution in [3.05, 3.63) is 11.6 Å². The Kier molecular flexibility index (Phi) is 3.30. The van der Waals surface area contributed by atoms with E-state index in [1.807, 2.05) is 0 Å². The van der Waals surface area contributed by atoms with E-state index in [4.69, 9.17) is 0 Å². The molecule has 0 nitrogen and oxygen atoms in total. The zero-order valence-corrected chi connectivity index (χ0v) is 9.76. The standard InChI is InChI=1S/C14H24/c1-3-11-6-5-7-13-8-9-14(13)12(4-2)10-11/h6,12-14H,3-5,7-10H2,1-2H3. The van der Waals surface area contributed by atoms with Gasteiger partial charge in [-0.1, -0.05) is 31.9 Å². The highest BCUT2D eigenvalue weighted by Gasteiger charge is 2.36. The molecule has 1 fully saturated rings. The van der Waals surface area contributed by atoms with Gasteiger partial charge in [0.15, 0.2) is 0 Å². The van der Waals surface area contributed by atoms with Crippen molar-refractivity contribution >= 4 is 0 Å². The lowest BCUT2D eigenvalue weighted by molar-refractivity contribution is 0.0897. The Bertz CT molecular complexity index is 214. The number of hydrogen-bond acceptors (Lipinski definition) is 0. The van der Waals surface area contributed by atoms with Crippen LogP contribution in [0.25, 0.3) is 0 Å². The molecule has 2 aliphatic carbocycles. The van der Waals surface area contributed by atoms with E-state index in [0.29, 0.717) is 0 Å². The second kappa shape index (κ2) is 4.51. The Morgan fingerprint density at radius 1 is 1.21 bits per heavy atom. The molecule has 14 heavy (non-hydrogen) atoms. The van der Waals surface area contributed by atoms with Gasteiger partial charge in [0, 0.05) is 0 Å². The number of fused-ring (bicyclic) bond motifs is 1. The monoisotopic (exact) mass is 192 g/mol. The molecule has 3 unspecified atom stereocenters. The Labute approximate surface area is 88.8 Å². The molecule has 1 saturated carbocycles. The fraction of sp³-hybridized carbons (Fsp3) is 0.857. The van der Waals surface area contributed by atoms with Crippen molar-refractivity contribution in [2.24, 2.45) is 17.8 Å². The first-order valence-corrected chi connectivity index (χ1v) is 6.53. The molecule has 0 amide bonds. The maximum Gasteiger partial charge on any atom is -0.0289 e. The Morgan fingerprint density at radius 3 is 2.64 bits per heavy atom. The molecule has 0 bridgehead atoms. The zero-order valence-electron chi connectivity index (χ0n) is 9.76. The first-order chi connectivity index (χ1) is 6.85. The van der Waals surface area contributed by atoms with Crippen molar-refractivity contribution in [2.75, 3.05) is 0 Å². The van der Waals surface area contributed by atoms with Crippen LogP contribution in [0, 0.1) is 17.8 Å². The Balaban J connectivity index is 2.05. The average molecular weight is 192 g/mol. The van der Waals surface area contributed by atoms with Gasteiger partial charge in [0.25, 0.3) is 0 Å². The molecule has 0 radical (unpaired) electrons. The molecule has 0 N–H and O–H groups in total. The van der Waals surface area contributed by atoms with Crippen molar-refractivity contribution in [1.29, 1.82) is 0 Å². The van der Waals surface area contributed by atoms with E-state index < -0.39 is 0 Å². The summed E-state index contributed by atoms with van der Waals surface area (Å²) in [7, 11) is 0. The quantitative estimate of drug-likeness (QED) is 0.563. The largest absolute Gasteiger partial charge is 0.0853 e. The lowest BCUT2D eigenvalue weighted by atomic mass is 9.62. The van der Waals surface area contributed by atoms with Crippen LogP contribution in [-0.2, 0) is 0 Å². The number of hydrogen-bond donors (Lipinski definition) is 0. The van der Waals surface area contributed by atoms with Crippen LogP contribution in [0.4, 0.5) is 0 Å². The predicted octanol–water partition coefficient (Wildman–Crippen LogP) is 4.56. The molecule has 0 aromatic carbocycles. The van der Waals surface area contributed by atoms with Crippen molar-refractivity contribution in [2.45, 2.75) is 58.8 Å². The summed E-state index contributed by atoms with van der Waals surface area (Å²) in [5.74, 6) is 3.20. The number of allylic oxidation sites excluding steroid dienone is 2. The third kappa shape index (κ3) is 1.89. The molecule has 0 aromatic rings. The summed E-state index contributed by atoms with van der Waals surface area (Å²) in [4.78, 5) is 0. The molecule has 0 heteroatoms. The van der Waals surface area contributed by atoms with Gasteiger partial charge in [0.05, 0.1) is 0 Å². The van der Waals surface area contributed by atoms with E-state index in [0.717, 1.165) is 17.8 Å². The maximum atomic E-state index is 2.54. The molecule has 0 aliphatic heterocycles. The van der Waals surface area contributed by atoms with E-state index in [9.17, 15) is 0 Å². The zero-order chi connectivity index (χ0) is 9.97. The van der Waals surface area contributed by atoms with Crippen molar-refractivity contribution in [3.63, 3.8) is 0 Å². The first kappa shape index (κ1) is 10.3.